The third-order valence-electron chi connectivity index (χ3n) is 3.53. The monoisotopic (exact) mass is 346 g/mol. The molecule has 1 aromatic heterocycles. The average Bonchev–Trinajstić information content (AvgIpc) is 2.82. The molecule has 2 rings (SSSR count). The van der Waals surface area contributed by atoms with Crippen molar-refractivity contribution < 1.29 is 28.4 Å². The van der Waals surface area contributed by atoms with Crippen LogP contribution in [0.25, 0.3) is 0 Å². The number of ether oxygens (including phenoxy) is 6. The van der Waals surface area contributed by atoms with Crippen molar-refractivity contribution in [3.63, 3.8) is 0 Å². The van der Waals surface area contributed by atoms with Crippen LogP contribution in [0.15, 0.2) is 0 Å². The van der Waals surface area contributed by atoms with Gasteiger partial charge in [-0.25, -0.2) is 0 Å². The molecule has 0 amide bonds. The van der Waals surface area contributed by atoms with Crippen molar-refractivity contribution in [3.8, 4) is 11.5 Å². The molecule has 1 aliphatic heterocycles. The molecule has 2 heterocycles. The summed E-state index contributed by atoms with van der Waals surface area (Å²) in [6, 6.07) is 0. The minimum Gasteiger partial charge on any atom is -0.479 e. The van der Waals surface area contributed by atoms with Crippen LogP contribution in [0.3, 0.4) is 0 Å². The van der Waals surface area contributed by atoms with Crippen LogP contribution in [0.4, 0.5) is 0 Å². The summed E-state index contributed by atoms with van der Waals surface area (Å²) < 4.78 is 33.5. The minimum absolute atomic E-state index is 0.199. The van der Waals surface area contributed by atoms with Crippen molar-refractivity contribution in [2.45, 2.75) is 26.1 Å². The Balaban J connectivity index is 1.97. The van der Waals surface area contributed by atoms with E-state index in [1.807, 2.05) is 13.8 Å². The zero-order valence-electron chi connectivity index (χ0n) is 14.3. The zero-order valence-corrected chi connectivity index (χ0v) is 15.1. The third kappa shape index (κ3) is 5.06. The van der Waals surface area contributed by atoms with Gasteiger partial charge in [0.05, 0.1) is 39.6 Å². The van der Waals surface area contributed by atoms with Gasteiger partial charge in [0.15, 0.2) is 23.7 Å². The molecule has 2 atom stereocenters. The fraction of sp³-hybridized carbons (Fsp3) is 0.750. The molecule has 0 aromatic carbocycles. The normalized spacial score (nSPS) is 20.0. The highest BCUT2D eigenvalue weighted by atomic mass is 32.1. The second kappa shape index (κ2) is 9.44. The van der Waals surface area contributed by atoms with Crippen molar-refractivity contribution in [2.75, 3.05) is 53.9 Å². The zero-order chi connectivity index (χ0) is 16.7. The van der Waals surface area contributed by atoms with Gasteiger partial charge in [-0.2, -0.15) is 0 Å². The highest BCUT2D eigenvalue weighted by Crippen LogP contribution is 2.45. The largest absolute Gasteiger partial charge is 0.479 e. The van der Waals surface area contributed by atoms with Crippen molar-refractivity contribution in [1.82, 2.24) is 0 Å². The van der Waals surface area contributed by atoms with Gasteiger partial charge < -0.3 is 28.4 Å². The Morgan fingerprint density at radius 2 is 1.22 bits per heavy atom. The van der Waals surface area contributed by atoms with E-state index in [-0.39, 0.29) is 12.2 Å². The van der Waals surface area contributed by atoms with Crippen molar-refractivity contribution in [2.24, 2.45) is 0 Å². The van der Waals surface area contributed by atoms with Crippen LogP contribution in [-0.2, 0) is 18.9 Å². The van der Waals surface area contributed by atoms with Gasteiger partial charge in [0.25, 0.3) is 0 Å². The number of hydrogen-bond acceptors (Lipinski definition) is 7. The van der Waals surface area contributed by atoms with E-state index < -0.39 is 0 Å². The first kappa shape index (κ1) is 18.5. The Bertz CT molecular complexity index is 435. The Labute approximate surface area is 141 Å². The van der Waals surface area contributed by atoms with Crippen LogP contribution in [-0.4, -0.2) is 66.1 Å². The first-order chi connectivity index (χ1) is 11.2. The summed E-state index contributed by atoms with van der Waals surface area (Å²) in [6.07, 6.45) is -0.399. The fourth-order valence-corrected chi connectivity index (χ4v) is 3.26. The van der Waals surface area contributed by atoms with E-state index >= 15 is 0 Å². The maximum atomic E-state index is 6.14. The Kier molecular flexibility index (Phi) is 7.58. The molecule has 6 nitrogen and oxygen atoms in total. The molecule has 7 heteroatoms. The van der Waals surface area contributed by atoms with Gasteiger partial charge in [-0.05, 0) is 13.8 Å². The lowest BCUT2D eigenvalue weighted by Gasteiger charge is -2.33. The van der Waals surface area contributed by atoms with Crippen LogP contribution < -0.4 is 9.47 Å². The highest BCUT2D eigenvalue weighted by molar-refractivity contribution is 7.12. The molecule has 132 valence electrons. The quantitative estimate of drug-likeness (QED) is 0.606. The van der Waals surface area contributed by atoms with Gasteiger partial charge in [-0.1, -0.05) is 0 Å². The molecule has 0 N–H and O–H groups in total. The molecular weight excluding hydrogens is 320 g/mol. The lowest BCUT2D eigenvalue weighted by Crippen LogP contribution is -2.46. The first-order valence-electron chi connectivity index (χ1n) is 7.74. The summed E-state index contributed by atoms with van der Waals surface area (Å²) in [4.78, 5) is 2.25. The standard InChI is InChI=1S/C16H26O6S/c1-11-15-16(12(2)23-11)22-14(10-20-8-6-18-4)13(21-15)9-19-7-5-17-3/h13-14H,5-10H2,1-4H3. The summed E-state index contributed by atoms with van der Waals surface area (Å²) >= 11 is 1.68. The lowest BCUT2D eigenvalue weighted by molar-refractivity contribution is -0.0738. The molecule has 0 fully saturated rings. The fourth-order valence-electron chi connectivity index (χ4n) is 2.34. The highest BCUT2D eigenvalue weighted by Gasteiger charge is 2.35. The number of rotatable bonds is 10. The van der Waals surface area contributed by atoms with Gasteiger partial charge >= 0.3 is 0 Å². The Morgan fingerprint density at radius 3 is 1.61 bits per heavy atom. The Hall–Kier alpha value is -0.860. The van der Waals surface area contributed by atoms with Crippen LogP contribution in [0.5, 0.6) is 11.5 Å². The van der Waals surface area contributed by atoms with Gasteiger partial charge in [0, 0.05) is 24.0 Å². The summed E-state index contributed by atoms with van der Waals surface area (Å²) in [6.45, 7) is 7.14. The average molecular weight is 346 g/mol. The number of methoxy groups -OCH3 is 2. The summed E-state index contributed by atoms with van der Waals surface area (Å²) in [5, 5.41) is 0. The van der Waals surface area contributed by atoms with Crippen molar-refractivity contribution in [3.05, 3.63) is 9.75 Å². The van der Waals surface area contributed by atoms with Crippen LogP contribution in [0.2, 0.25) is 0 Å². The molecule has 2 unspecified atom stereocenters. The minimum atomic E-state index is -0.199. The van der Waals surface area contributed by atoms with E-state index in [1.165, 1.54) is 0 Å². The van der Waals surface area contributed by atoms with E-state index in [0.29, 0.717) is 39.6 Å². The number of aryl methyl sites for hydroxylation is 2. The van der Waals surface area contributed by atoms with Gasteiger partial charge in [0.2, 0.25) is 0 Å². The number of thiophene rings is 1. The SMILES string of the molecule is COCCOCC1Oc2c(C)sc(C)c2OC1COCCOC. The van der Waals surface area contributed by atoms with E-state index in [0.717, 1.165) is 21.3 Å². The van der Waals surface area contributed by atoms with Gasteiger partial charge in [-0.15, -0.1) is 11.3 Å². The molecule has 0 radical (unpaired) electrons. The number of hydrogen-bond donors (Lipinski definition) is 0. The van der Waals surface area contributed by atoms with Crippen molar-refractivity contribution >= 4 is 11.3 Å². The summed E-state index contributed by atoms with van der Waals surface area (Å²) in [7, 11) is 3.31. The lowest BCUT2D eigenvalue weighted by atomic mass is 10.2. The second-order valence-corrected chi connectivity index (χ2v) is 6.75. The predicted octanol–water partition coefficient (Wildman–Crippen LogP) is 2.20. The summed E-state index contributed by atoms with van der Waals surface area (Å²) in [5.74, 6) is 1.67. The second-order valence-electron chi connectivity index (χ2n) is 5.32. The molecule has 0 aliphatic carbocycles. The van der Waals surface area contributed by atoms with E-state index in [9.17, 15) is 0 Å². The van der Waals surface area contributed by atoms with E-state index in [4.69, 9.17) is 28.4 Å². The number of fused-ring (bicyclic) bond motifs is 1. The maximum Gasteiger partial charge on any atom is 0.175 e. The van der Waals surface area contributed by atoms with E-state index in [1.54, 1.807) is 25.6 Å². The third-order valence-corrected chi connectivity index (χ3v) is 4.52. The molecule has 23 heavy (non-hydrogen) atoms. The molecular formula is C16H26O6S. The van der Waals surface area contributed by atoms with Crippen LogP contribution in [0.1, 0.15) is 9.75 Å². The topological polar surface area (TPSA) is 55.4 Å². The van der Waals surface area contributed by atoms with Crippen molar-refractivity contribution in [1.29, 1.82) is 0 Å². The molecule has 0 saturated heterocycles. The van der Waals surface area contributed by atoms with Crippen LogP contribution >= 0.6 is 11.3 Å². The van der Waals surface area contributed by atoms with E-state index in [2.05, 4.69) is 0 Å². The van der Waals surface area contributed by atoms with Gasteiger partial charge in [0.1, 0.15) is 0 Å². The van der Waals surface area contributed by atoms with Gasteiger partial charge in [-0.3, -0.25) is 0 Å². The molecule has 1 aliphatic rings. The predicted molar refractivity (Wildman–Crippen MR) is 88.0 cm³/mol. The molecule has 0 saturated carbocycles. The summed E-state index contributed by atoms with van der Waals surface area (Å²) in [5.41, 5.74) is 0. The maximum absolute atomic E-state index is 6.14. The van der Waals surface area contributed by atoms with Crippen LogP contribution in [0, 0.1) is 13.8 Å². The molecule has 0 bridgehead atoms. The smallest absolute Gasteiger partial charge is 0.175 e. The molecule has 0 spiro atoms. The first-order valence-corrected chi connectivity index (χ1v) is 8.55. The molecule has 1 aromatic rings. The Morgan fingerprint density at radius 1 is 0.783 bits per heavy atom.